The molecular formula is C18H30O5. The Bertz CT molecular complexity index is 391. The highest BCUT2D eigenvalue weighted by Gasteiger charge is 2.30. The van der Waals surface area contributed by atoms with Crippen molar-refractivity contribution in [1.82, 2.24) is 0 Å². The van der Waals surface area contributed by atoms with E-state index in [4.69, 9.17) is 9.84 Å². The van der Waals surface area contributed by atoms with Crippen molar-refractivity contribution < 1.29 is 24.9 Å². The van der Waals surface area contributed by atoms with E-state index in [-0.39, 0.29) is 18.4 Å². The maximum atomic E-state index is 10.5. The van der Waals surface area contributed by atoms with Crippen LogP contribution in [0.5, 0.6) is 0 Å². The lowest BCUT2D eigenvalue weighted by Gasteiger charge is -2.33. The minimum absolute atomic E-state index is 0.0136. The molecule has 0 aliphatic carbocycles. The summed E-state index contributed by atoms with van der Waals surface area (Å²) in [6.07, 6.45) is 10.9. The van der Waals surface area contributed by atoms with Crippen LogP contribution in [0.25, 0.3) is 0 Å². The first kappa shape index (κ1) is 19.9. The van der Waals surface area contributed by atoms with Crippen LogP contribution in [-0.2, 0) is 9.53 Å². The molecule has 5 nitrogen and oxygen atoms in total. The second-order valence-corrected chi connectivity index (χ2v) is 6.11. The number of aliphatic carboxylic acids is 1. The zero-order valence-corrected chi connectivity index (χ0v) is 13.9. The molecule has 1 aliphatic rings. The summed E-state index contributed by atoms with van der Waals surface area (Å²) in [5, 5.41) is 28.7. The SMILES string of the molecule is CCCCCC(O)/C=C/C1OCCC(O)C1C/C=C/CC(=O)O. The third-order valence-corrected chi connectivity index (χ3v) is 4.13. The second-order valence-electron chi connectivity index (χ2n) is 6.11. The smallest absolute Gasteiger partial charge is 0.307 e. The van der Waals surface area contributed by atoms with Gasteiger partial charge in [-0.05, 0) is 19.3 Å². The van der Waals surface area contributed by atoms with Crippen molar-refractivity contribution in [1.29, 1.82) is 0 Å². The van der Waals surface area contributed by atoms with Crippen molar-refractivity contribution in [3.05, 3.63) is 24.3 Å². The molecule has 0 aromatic carbocycles. The van der Waals surface area contributed by atoms with E-state index in [0.717, 1.165) is 25.7 Å². The summed E-state index contributed by atoms with van der Waals surface area (Å²) in [7, 11) is 0. The number of aliphatic hydroxyl groups excluding tert-OH is 2. The zero-order valence-electron chi connectivity index (χ0n) is 13.9. The second kappa shape index (κ2) is 11.4. The number of aliphatic hydroxyl groups is 2. The Balaban J connectivity index is 2.51. The minimum atomic E-state index is -0.867. The van der Waals surface area contributed by atoms with Crippen LogP contribution in [0.2, 0.25) is 0 Å². The third kappa shape index (κ3) is 8.30. The molecule has 0 aromatic rings. The van der Waals surface area contributed by atoms with E-state index in [1.165, 1.54) is 0 Å². The van der Waals surface area contributed by atoms with Crippen molar-refractivity contribution in [2.24, 2.45) is 5.92 Å². The average Bonchev–Trinajstić information content (AvgIpc) is 2.51. The molecule has 0 aromatic heterocycles. The third-order valence-electron chi connectivity index (χ3n) is 4.13. The molecule has 0 radical (unpaired) electrons. The number of unbranched alkanes of at least 4 members (excludes halogenated alkanes) is 2. The van der Waals surface area contributed by atoms with Crippen molar-refractivity contribution in [3.8, 4) is 0 Å². The van der Waals surface area contributed by atoms with Gasteiger partial charge in [-0.25, -0.2) is 0 Å². The Morgan fingerprint density at radius 3 is 2.83 bits per heavy atom. The highest BCUT2D eigenvalue weighted by molar-refractivity contribution is 5.68. The van der Waals surface area contributed by atoms with Gasteiger partial charge in [-0.15, -0.1) is 0 Å². The van der Waals surface area contributed by atoms with Gasteiger partial charge in [-0.3, -0.25) is 4.79 Å². The standard InChI is InChI=1S/C18H30O5/c1-2-3-4-7-14(19)10-11-17-15(16(20)12-13-23-17)8-5-6-9-18(21)22/h5-6,10-11,14-17,19-20H,2-4,7-9,12-13H2,1H3,(H,21,22)/b6-5+,11-10+. The van der Waals surface area contributed by atoms with Gasteiger partial charge in [0.15, 0.2) is 0 Å². The van der Waals surface area contributed by atoms with Crippen LogP contribution in [0.4, 0.5) is 0 Å². The van der Waals surface area contributed by atoms with Gasteiger partial charge in [0.25, 0.3) is 0 Å². The lowest BCUT2D eigenvalue weighted by Crippen LogP contribution is -2.38. The Morgan fingerprint density at radius 1 is 1.35 bits per heavy atom. The first-order chi connectivity index (χ1) is 11.0. The normalized spacial score (nSPS) is 26.8. The van der Waals surface area contributed by atoms with Gasteiger partial charge in [-0.1, -0.05) is 50.5 Å². The van der Waals surface area contributed by atoms with Crippen LogP contribution in [0.3, 0.4) is 0 Å². The molecule has 3 N–H and O–H groups in total. The summed E-state index contributed by atoms with van der Waals surface area (Å²) >= 11 is 0. The minimum Gasteiger partial charge on any atom is -0.481 e. The zero-order chi connectivity index (χ0) is 17.1. The van der Waals surface area contributed by atoms with E-state index < -0.39 is 18.2 Å². The molecule has 0 amide bonds. The number of hydrogen-bond donors (Lipinski definition) is 3. The summed E-state index contributed by atoms with van der Waals surface area (Å²) in [6.45, 7) is 2.62. The summed E-state index contributed by atoms with van der Waals surface area (Å²) in [4.78, 5) is 10.5. The Hall–Kier alpha value is -1.17. The summed E-state index contributed by atoms with van der Waals surface area (Å²) in [6, 6.07) is 0. The molecule has 0 spiro atoms. The number of carboxylic acid groups (broad SMARTS) is 1. The van der Waals surface area contributed by atoms with Crippen molar-refractivity contribution in [3.63, 3.8) is 0 Å². The predicted molar refractivity (Wildman–Crippen MR) is 89.2 cm³/mol. The highest BCUT2D eigenvalue weighted by atomic mass is 16.5. The van der Waals surface area contributed by atoms with Crippen molar-refractivity contribution >= 4 is 5.97 Å². The Kier molecular flexibility index (Phi) is 9.83. The van der Waals surface area contributed by atoms with Crippen molar-refractivity contribution in [2.45, 2.75) is 70.2 Å². The molecule has 0 bridgehead atoms. The van der Waals surface area contributed by atoms with Gasteiger partial charge in [-0.2, -0.15) is 0 Å². The molecule has 132 valence electrons. The van der Waals surface area contributed by atoms with Crippen LogP contribution in [-0.4, -0.2) is 46.2 Å². The molecular weight excluding hydrogens is 296 g/mol. The number of rotatable bonds is 10. The molecule has 5 heteroatoms. The van der Waals surface area contributed by atoms with Gasteiger partial charge in [0.1, 0.15) is 0 Å². The largest absolute Gasteiger partial charge is 0.481 e. The monoisotopic (exact) mass is 326 g/mol. The molecule has 0 saturated carbocycles. The fourth-order valence-electron chi connectivity index (χ4n) is 2.75. The molecule has 23 heavy (non-hydrogen) atoms. The number of allylic oxidation sites excluding steroid dienone is 1. The van der Waals surface area contributed by atoms with Crippen LogP contribution in [0.1, 0.15) is 51.9 Å². The van der Waals surface area contributed by atoms with Gasteiger partial charge < -0.3 is 20.1 Å². The molecule has 1 saturated heterocycles. The van der Waals surface area contributed by atoms with Gasteiger partial charge in [0.2, 0.25) is 0 Å². The molecule has 1 heterocycles. The van der Waals surface area contributed by atoms with Crippen LogP contribution < -0.4 is 0 Å². The number of carbonyl (C=O) groups is 1. The summed E-state index contributed by atoms with van der Waals surface area (Å²) < 4.78 is 5.71. The maximum Gasteiger partial charge on any atom is 0.307 e. The van der Waals surface area contributed by atoms with E-state index in [1.54, 1.807) is 18.2 Å². The quantitative estimate of drug-likeness (QED) is 0.424. The average molecular weight is 326 g/mol. The fourth-order valence-corrected chi connectivity index (χ4v) is 2.75. The summed E-state index contributed by atoms with van der Waals surface area (Å²) in [5.74, 6) is -0.971. The first-order valence-electron chi connectivity index (χ1n) is 8.57. The number of carboxylic acids is 1. The van der Waals surface area contributed by atoms with E-state index in [2.05, 4.69) is 6.92 Å². The molecule has 4 unspecified atom stereocenters. The lowest BCUT2D eigenvalue weighted by atomic mass is 9.87. The predicted octanol–water partition coefficient (Wildman–Crippen LogP) is 2.67. The number of hydrogen-bond acceptors (Lipinski definition) is 4. The first-order valence-corrected chi connectivity index (χ1v) is 8.57. The van der Waals surface area contributed by atoms with Crippen LogP contribution >= 0.6 is 0 Å². The van der Waals surface area contributed by atoms with Crippen LogP contribution in [0.15, 0.2) is 24.3 Å². The van der Waals surface area contributed by atoms with E-state index in [1.807, 2.05) is 6.08 Å². The fraction of sp³-hybridized carbons (Fsp3) is 0.722. The van der Waals surface area contributed by atoms with E-state index in [0.29, 0.717) is 19.4 Å². The number of ether oxygens (including phenoxy) is 1. The lowest BCUT2D eigenvalue weighted by molar-refractivity contribution is -0.136. The summed E-state index contributed by atoms with van der Waals surface area (Å²) in [5.41, 5.74) is 0. The molecule has 1 fully saturated rings. The Labute approximate surface area is 138 Å². The van der Waals surface area contributed by atoms with Crippen molar-refractivity contribution in [2.75, 3.05) is 6.61 Å². The molecule has 1 aliphatic heterocycles. The maximum absolute atomic E-state index is 10.5. The molecule has 1 rings (SSSR count). The molecule has 4 atom stereocenters. The van der Waals surface area contributed by atoms with E-state index in [9.17, 15) is 15.0 Å². The van der Waals surface area contributed by atoms with Gasteiger partial charge >= 0.3 is 5.97 Å². The topological polar surface area (TPSA) is 87.0 Å². The Morgan fingerprint density at radius 2 is 2.13 bits per heavy atom. The highest BCUT2D eigenvalue weighted by Crippen LogP contribution is 2.26. The van der Waals surface area contributed by atoms with E-state index >= 15 is 0 Å². The van der Waals surface area contributed by atoms with Crippen LogP contribution in [0, 0.1) is 5.92 Å². The van der Waals surface area contributed by atoms with Gasteiger partial charge in [0.05, 0.1) is 24.7 Å². The van der Waals surface area contributed by atoms with Gasteiger partial charge in [0, 0.05) is 12.5 Å².